The maximum absolute atomic E-state index is 13.0. The molecule has 0 aromatic rings. The van der Waals surface area contributed by atoms with E-state index in [0.717, 1.165) is 18.4 Å². The minimum Gasteiger partial charge on any atom is -0.331 e. The molecule has 0 spiro atoms. The number of aliphatic hydroxyl groups is 1. The van der Waals surface area contributed by atoms with Gasteiger partial charge in [-0.2, -0.15) is 8.78 Å². The molecule has 0 saturated carbocycles. The molecule has 0 atom stereocenters. The molecule has 0 aliphatic rings. The van der Waals surface area contributed by atoms with E-state index in [0.29, 0.717) is 6.42 Å². The summed E-state index contributed by atoms with van der Waals surface area (Å²) in [6.45, 7) is 7.30. The first kappa shape index (κ1) is 18.0. The van der Waals surface area contributed by atoms with Gasteiger partial charge < -0.3 is 5.11 Å². The Kier molecular flexibility index (Phi) is 7.76. The summed E-state index contributed by atoms with van der Waals surface area (Å²) < 4.78 is 37.6. The van der Waals surface area contributed by atoms with E-state index < -0.39 is 11.9 Å². The average molecular weight is 276 g/mol. The van der Waals surface area contributed by atoms with Crippen LogP contribution in [0.25, 0.3) is 0 Å². The lowest BCUT2D eigenvalue weighted by Crippen LogP contribution is -2.16. The van der Waals surface area contributed by atoms with E-state index in [1.165, 1.54) is 12.5 Å². The molecule has 0 radical (unpaired) electrons. The van der Waals surface area contributed by atoms with Gasteiger partial charge in [-0.25, -0.2) is 4.39 Å². The van der Waals surface area contributed by atoms with E-state index in [-0.39, 0.29) is 12.0 Å². The van der Waals surface area contributed by atoms with Crippen LogP contribution in [0.4, 0.5) is 13.2 Å². The third kappa shape index (κ3) is 8.65. The summed E-state index contributed by atoms with van der Waals surface area (Å²) in [5, 5.41) is 8.25. The highest BCUT2D eigenvalue weighted by atomic mass is 19.3. The van der Waals surface area contributed by atoms with E-state index >= 15 is 0 Å². The van der Waals surface area contributed by atoms with Gasteiger partial charge in [-0.05, 0) is 59.0 Å². The Bertz CT molecular complexity index is 369. The molecular formula is C15H23F3O. The number of hydrogen-bond acceptors (Lipinski definition) is 1. The molecule has 0 bridgehead atoms. The van der Waals surface area contributed by atoms with E-state index in [2.05, 4.69) is 6.08 Å². The molecule has 110 valence electrons. The van der Waals surface area contributed by atoms with Gasteiger partial charge in [0.05, 0.1) is 0 Å². The van der Waals surface area contributed by atoms with Crippen molar-refractivity contribution >= 4 is 0 Å². The summed E-state index contributed by atoms with van der Waals surface area (Å²) in [4.78, 5) is 0. The molecule has 1 N–H and O–H groups in total. The van der Waals surface area contributed by atoms with Crippen LogP contribution >= 0.6 is 0 Å². The van der Waals surface area contributed by atoms with Crippen molar-refractivity contribution < 1.29 is 18.3 Å². The van der Waals surface area contributed by atoms with Gasteiger partial charge in [0, 0.05) is 0 Å². The summed E-state index contributed by atoms with van der Waals surface area (Å²) >= 11 is 0. The van der Waals surface area contributed by atoms with E-state index in [1.54, 1.807) is 0 Å². The summed E-state index contributed by atoms with van der Waals surface area (Å²) in [7, 11) is 0. The molecule has 0 rings (SSSR count). The number of rotatable bonds is 7. The lowest BCUT2D eigenvalue weighted by molar-refractivity contribution is -0.179. The van der Waals surface area contributed by atoms with Gasteiger partial charge in [-0.15, -0.1) is 0 Å². The summed E-state index contributed by atoms with van der Waals surface area (Å²) in [5.74, 6) is -1.73. The minimum absolute atomic E-state index is 0.110. The van der Waals surface area contributed by atoms with Gasteiger partial charge in [-0.1, -0.05) is 23.3 Å². The molecule has 0 saturated heterocycles. The van der Waals surface area contributed by atoms with Gasteiger partial charge in [0.15, 0.2) is 5.83 Å². The van der Waals surface area contributed by atoms with Crippen molar-refractivity contribution in [3.63, 3.8) is 0 Å². The lowest BCUT2D eigenvalue weighted by atomic mass is 10.1. The average Bonchev–Trinajstić information content (AvgIpc) is 2.26. The van der Waals surface area contributed by atoms with Crippen molar-refractivity contribution in [3.8, 4) is 0 Å². The predicted octanol–water partition coefficient (Wildman–Crippen LogP) is 5.29. The topological polar surface area (TPSA) is 20.2 Å². The van der Waals surface area contributed by atoms with Gasteiger partial charge in [0.2, 0.25) is 0 Å². The third-order valence-corrected chi connectivity index (χ3v) is 2.74. The normalized spacial score (nSPS) is 14.2. The van der Waals surface area contributed by atoms with Crippen LogP contribution in [0.1, 0.15) is 53.4 Å². The molecule has 0 aliphatic heterocycles. The second kappa shape index (κ2) is 8.20. The number of alkyl halides is 2. The second-order valence-electron chi connectivity index (χ2n) is 5.04. The molecule has 1 nitrogen and oxygen atoms in total. The largest absolute Gasteiger partial charge is 0.406 e. The molecule has 0 aliphatic carbocycles. The molecule has 0 aromatic heterocycles. The zero-order valence-corrected chi connectivity index (χ0v) is 12.1. The Hall–Kier alpha value is -1.03. The van der Waals surface area contributed by atoms with Crippen LogP contribution in [0.3, 0.4) is 0 Å². The van der Waals surface area contributed by atoms with Crippen LogP contribution in [0.5, 0.6) is 0 Å². The monoisotopic (exact) mass is 276 g/mol. The van der Waals surface area contributed by atoms with Crippen molar-refractivity contribution in [3.05, 3.63) is 34.7 Å². The molecule has 0 unspecified atom stereocenters. The highest BCUT2D eigenvalue weighted by Gasteiger charge is 2.33. The van der Waals surface area contributed by atoms with Crippen molar-refractivity contribution in [2.45, 2.75) is 59.5 Å². The van der Waals surface area contributed by atoms with Crippen LogP contribution in [0.15, 0.2) is 34.7 Å². The van der Waals surface area contributed by atoms with E-state index in [4.69, 9.17) is 5.11 Å². The van der Waals surface area contributed by atoms with Crippen molar-refractivity contribution in [2.75, 3.05) is 0 Å². The lowest BCUT2D eigenvalue weighted by Gasteiger charge is -2.09. The fourth-order valence-corrected chi connectivity index (χ4v) is 1.59. The van der Waals surface area contributed by atoms with E-state index in [9.17, 15) is 13.2 Å². The van der Waals surface area contributed by atoms with Crippen LogP contribution in [-0.4, -0.2) is 11.2 Å². The quantitative estimate of drug-likeness (QED) is 0.626. The maximum Gasteiger partial charge on any atom is 0.406 e. The standard InChI is InChI=1S/C15H23F3O/c1-11(2)7-5-8-12(3)9-6-10-13(4)14(16)15(17,18)19/h7,9,19H,5-6,8,10H2,1-4H3. The Morgan fingerprint density at radius 2 is 1.53 bits per heavy atom. The molecule has 0 aromatic carbocycles. The Balaban J connectivity index is 4.25. The van der Waals surface area contributed by atoms with Crippen molar-refractivity contribution in [1.29, 1.82) is 0 Å². The third-order valence-electron chi connectivity index (χ3n) is 2.74. The van der Waals surface area contributed by atoms with Crippen LogP contribution in [-0.2, 0) is 0 Å². The van der Waals surface area contributed by atoms with Gasteiger partial charge in [0.25, 0.3) is 0 Å². The van der Waals surface area contributed by atoms with Crippen molar-refractivity contribution in [1.82, 2.24) is 0 Å². The number of halogens is 3. The highest BCUT2D eigenvalue weighted by Crippen LogP contribution is 2.26. The zero-order valence-electron chi connectivity index (χ0n) is 12.1. The highest BCUT2D eigenvalue weighted by molar-refractivity contribution is 5.11. The summed E-state index contributed by atoms with van der Waals surface area (Å²) in [6, 6.07) is 0. The number of allylic oxidation sites excluding steroid dienone is 5. The second-order valence-corrected chi connectivity index (χ2v) is 5.04. The Morgan fingerprint density at radius 1 is 1.00 bits per heavy atom. The first-order chi connectivity index (χ1) is 8.64. The smallest absolute Gasteiger partial charge is 0.331 e. The molecule has 0 amide bonds. The zero-order chi connectivity index (χ0) is 15.1. The first-order valence-corrected chi connectivity index (χ1v) is 6.39. The van der Waals surface area contributed by atoms with Gasteiger partial charge >= 0.3 is 6.11 Å². The molecule has 4 heteroatoms. The molecule has 0 fully saturated rings. The maximum atomic E-state index is 13.0. The fourth-order valence-electron chi connectivity index (χ4n) is 1.59. The van der Waals surface area contributed by atoms with Crippen LogP contribution in [0, 0.1) is 0 Å². The van der Waals surface area contributed by atoms with Gasteiger partial charge in [-0.3, -0.25) is 0 Å². The number of hydrogen-bond donors (Lipinski definition) is 1. The molecular weight excluding hydrogens is 253 g/mol. The van der Waals surface area contributed by atoms with Crippen LogP contribution in [0.2, 0.25) is 0 Å². The molecule has 0 heterocycles. The Labute approximate surface area is 113 Å². The first-order valence-electron chi connectivity index (χ1n) is 6.39. The molecule has 19 heavy (non-hydrogen) atoms. The Morgan fingerprint density at radius 3 is 2.00 bits per heavy atom. The summed E-state index contributed by atoms with van der Waals surface area (Å²) in [5.41, 5.74) is 2.31. The minimum atomic E-state index is -4.35. The van der Waals surface area contributed by atoms with E-state index in [1.807, 2.05) is 26.8 Å². The van der Waals surface area contributed by atoms with Gasteiger partial charge in [0.1, 0.15) is 0 Å². The van der Waals surface area contributed by atoms with Crippen LogP contribution < -0.4 is 0 Å². The summed E-state index contributed by atoms with van der Waals surface area (Å²) in [6.07, 6.45) is 2.24. The SMILES string of the molecule is CC(C)=CCCC(C)=CCCC(C)=C(F)C(O)(F)F. The predicted molar refractivity (Wildman–Crippen MR) is 72.6 cm³/mol. The van der Waals surface area contributed by atoms with Crippen molar-refractivity contribution in [2.24, 2.45) is 0 Å². The fraction of sp³-hybridized carbons (Fsp3) is 0.600.